The Labute approximate surface area is 163 Å². The molecule has 1 N–H and O–H groups in total. The molecular weight excluding hydrogens is 354 g/mol. The maximum absolute atomic E-state index is 12.4. The molecule has 4 heteroatoms. The molecule has 0 unspecified atom stereocenters. The lowest BCUT2D eigenvalue weighted by Crippen LogP contribution is -2.22. The number of anilines is 1. The Balaban J connectivity index is 1.68. The number of aryl methyl sites for hydroxylation is 1. The monoisotopic (exact) mass is 375 g/mol. The summed E-state index contributed by atoms with van der Waals surface area (Å²) in [6.07, 6.45) is 2.19. The van der Waals surface area contributed by atoms with Crippen LogP contribution in [0, 0.1) is 6.92 Å². The number of ether oxygens (including phenoxy) is 1. The summed E-state index contributed by atoms with van der Waals surface area (Å²) in [4.78, 5) is 13.6. The minimum absolute atomic E-state index is 0.0613. The van der Waals surface area contributed by atoms with Crippen molar-refractivity contribution in [3.05, 3.63) is 82.6 Å². The Morgan fingerprint density at radius 1 is 1.19 bits per heavy atom. The fourth-order valence-corrected chi connectivity index (χ4v) is 4.55. The number of rotatable bonds is 5. The third-order valence-electron chi connectivity index (χ3n) is 4.80. The van der Waals surface area contributed by atoms with Gasteiger partial charge in [-0.2, -0.15) is 0 Å². The van der Waals surface area contributed by atoms with Crippen LogP contribution in [0.25, 0.3) is 11.1 Å². The SMILES string of the molecule is C=CCOc1ccc([C@@H]2CC(=O)Nc3c(-c4ccc(C)cc4)csc32)cc1. The van der Waals surface area contributed by atoms with E-state index < -0.39 is 0 Å². The molecule has 1 amide bonds. The molecule has 1 atom stereocenters. The first-order valence-corrected chi connectivity index (χ1v) is 9.85. The zero-order valence-electron chi connectivity index (χ0n) is 15.2. The quantitative estimate of drug-likeness (QED) is 0.576. The zero-order valence-corrected chi connectivity index (χ0v) is 16.0. The second kappa shape index (κ2) is 7.41. The van der Waals surface area contributed by atoms with Crippen LogP contribution in [-0.4, -0.2) is 12.5 Å². The molecule has 4 rings (SSSR count). The van der Waals surface area contributed by atoms with E-state index >= 15 is 0 Å². The third-order valence-corrected chi connectivity index (χ3v) is 5.90. The van der Waals surface area contributed by atoms with Gasteiger partial charge < -0.3 is 10.1 Å². The van der Waals surface area contributed by atoms with Crippen molar-refractivity contribution in [1.82, 2.24) is 0 Å². The van der Waals surface area contributed by atoms with Crippen molar-refractivity contribution >= 4 is 22.9 Å². The van der Waals surface area contributed by atoms with Crippen LogP contribution in [-0.2, 0) is 4.79 Å². The molecule has 0 spiro atoms. The number of nitrogens with one attached hydrogen (secondary N) is 1. The van der Waals surface area contributed by atoms with Gasteiger partial charge >= 0.3 is 0 Å². The summed E-state index contributed by atoms with van der Waals surface area (Å²) in [6, 6.07) is 16.4. The lowest BCUT2D eigenvalue weighted by atomic mass is 9.89. The topological polar surface area (TPSA) is 38.3 Å². The number of carbonyl (C=O) groups is 1. The van der Waals surface area contributed by atoms with Crippen molar-refractivity contribution in [2.24, 2.45) is 0 Å². The van der Waals surface area contributed by atoms with Crippen molar-refractivity contribution in [2.45, 2.75) is 19.3 Å². The van der Waals surface area contributed by atoms with Crippen molar-refractivity contribution in [3.63, 3.8) is 0 Å². The van der Waals surface area contributed by atoms with Crippen molar-refractivity contribution in [2.75, 3.05) is 11.9 Å². The van der Waals surface area contributed by atoms with Crippen LogP contribution >= 0.6 is 11.3 Å². The van der Waals surface area contributed by atoms with E-state index in [1.54, 1.807) is 17.4 Å². The van der Waals surface area contributed by atoms with Gasteiger partial charge in [0.2, 0.25) is 5.91 Å². The minimum Gasteiger partial charge on any atom is -0.490 e. The molecule has 0 radical (unpaired) electrons. The number of fused-ring (bicyclic) bond motifs is 1. The van der Waals surface area contributed by atoms with E-state index in [-0.39, 0.29) is 11.8 Å². The molecule has 1 aliphatic rings. The highest BCUT2D eigenvalue weighted by atomic mass is 32.1. The second-order valence-electron chi connectivity index (χ2n) is 6.73. The fourth-order valence-electron chi connectivity index (χ4n) is 3.39. The molecule has 136 valence electrons. The smallest absolute Gasteiger partial charge is 0.225 e. The van der Waals surface area contributed by atoms with Crippen molar-refractivity contribution in [1.29, 1.82) is 0 Å². The average Bonchev–Trinajstić information content (AvgIpc) is 3.10. The van der Waals surface area contributed by atoms with E-state index in [4.69, 9.17) is 4.74 Å². The predicted octanol–water partition coefficient (Wildman–Crippen LogP) is 5.76. The summed E-state index contributed by atoms with van der Waals surface area (Å²) >= 11 is 1.71. The van der Waals surface area contributed by atoms with Gasteiger partial charge in [0.05, 0.1) is 5.69 Å². The van der Waals surface area contributed by atoms with Gasteiger partial charge in [0, 0.05) is 28.2 Å². The van der Waals surface area contributed by atoms with Crippen LogP contribution in [0.5, 0.6) is 5.75 Å². The van der Waals surface area contributed by atoms with Crippen molar-refractivity contribution < 1.29 is 9.53 Å². The van der Waals surface area contributed by atoms with Gasteiger partial charge in [0.15, 0.2) is 0 Å². The molecule has 2 heterocycles. The normalized spacial score (nSPS) is 15.7. The van der Waals surface area contributed by atoms with Gasteiger partial charge in [-0.1, -0.05) is 54.6 Å². The van der Waals surface area contributed by atoms with Gasteiger partial charge in [-0.05, 0) is 30.2 Å². The molecular formula is C23H21NO2S. The Morgan fingerprint density at radius 2 is 1.93 bits per heavy atom. The third kappa shape index (κ3) is 3.53. The summed E-state index contributed by atoms with van der Waals surface area (Å²) < 4.78 is 5.56. The van der Waals surface area contributed by atoms with Crippen LogP contribution in [0.1, 0.15) is 28.3 Å². The highest BCUT2D eigenvalue weighted by Crippen LogP contribution is 2.46. The van der Waals surface area contributed by atoms with Crippen LogP contribution in [0.2, 0.25) is 0 Å². The molecule has 1 aliphatic heterocycles. The molecule has 0 bridgehead atoms. The summed E-state index contributed by atoms with van der Waals surface area (Å²) in [5.41, 5.74) is 5.54. The summed E-state index contributed by atoms with van der Waals surface area (Å²) in [5.74, 6) is 0.948. The lowest BCUT2D eigenvalue weighted by molar-refractivity contribution is -0.116. The van der Waals surface area contributed by atoms with Gasteiger partial charge in [0.1, 0.15) is 12.4 Å². The minimum atomic E-state index is 0.0613. The molecule has 0 saturated carbocycles. The first kappa shape index (κ1) is 17.6. The van der Waals surface area contributed by atoms with E-state index in [1.807, 2.05) is 12.1 Å². The van der Waals surface area contributed by atoms with Gasteiger partial charge in [-0.15, -0.1) is 11.3 Å². The summed E-state index contributed by atoms with van der Waals surface area (Å²) in [6.45, 7) is 6.23. The highest BCUT2D eigenvalue weighted by molar-refractivity contribution is 7.11. The van der Waals surface area contributed by atoms with Gasteiger partial charge in [0.25, 0.3) is 0 Å². The number of benzene rings is 2. The first-order valence-electron chi connectivity index (χ1n) is 8.97. The molecule has 0 aliphatic carbocycles. The molecule has 0 fully saturated rings. The highest BCUT2D eigenvalue weighted by Gasteiger charge is 2.30. The summed E-state index contributed by atoms with van der Waals surface area (Å²) in [5, 5.41) is 5.24. The number of carbonyl (C=O) groups excluding carboxylic acids is 1. The number of thiophene rings is 1. The maximum Gasteiger partial charge on any atom is 0.225 e. The fraction of sp³-hybridized carbons (Fsp3) is 0.174. The Bertz CT molecular complexity index is 971. The molecule has 27 heavy (non-hydrogen) atoms. The molecule has 2 aromatic carbocycles. The van der Waals surface area contributed by atoms with Crippen LogP contribution in [0.4, 0.5) is 5.69 Å². The molecule has 3 aromatic rings. The van der Waals surface area contributed by atoms with E-state index in [1.165, 1.54) is 10.4 Å². The van der Waals surface area contributed by atoms with E-state index in [0.717, 1.165) is 28.1 Å². The molecule has 3 nitrogen and oxygen atoms in total. The van der Waals surface area contributed by atoms with Crippen LogP contribution in [0.3, 0.4) is 0 Å². The predicted molar refractivity (Wildman–Crippen MR) is 112 cm³/mol. The zero-order chi connectivity index (χ0) is 18.8. The van der Waals surface area contributed by atoms with E-state index in [0.29, 0.717) is 13.0 Å². The second-order valence-corrected chi connectivity index (χ2v) is 7.64. The number of hydrogen-bond acceptors (Lipinski definition) is 3. The Morgan fingerprint density at radius 3 is 2.63 bits per heavy atom. The van der Waals surface area contributed by atoms with Gasteiger partial charge in [-0.3, -0.25) is 4.79 Å². The maximum atomic E-state index is 12.4. The average molecular weight is 375 g/mol. The molecule has 0 saturated heterocycles. The number of amides is 1. The lowest BCUT2D eigenvalue weighted by Gasteiger charge is -2.24. The van der Waals surface area contributed by atoms with Crippen LogP contribution in [0.15, 0.2) is 66.6 Å². The Hall–Kier alpha value is -2.85. The summed E-state index contributed by atoms with van der Waals surface area (Å²) in [7, 11) is 0. The van der Waals surface area contributed by atoms with Crippen molar-refractivity contribution in [3.8, 4) is 16.9 Å². The standard InChI is InChI=1S/C23H21NO2S/c1-3-12-26-18-10-8-16(9-11-18)19-13-21(25)24-22-20(14-27-23(19)22)17-6-4-15(2)5-7-17/h3-11,14,19H,1,12-13H2,2H3,(H,24,25)/t19-/m0/s1. The Kier molecular flexibility index (Phi) is 4.82. The van der Waals surface area contributed by atoms with E-state index in [9.17, 15) is 4.79 Å². The van der Waals surface area contributed by atoms with Gasteiger partial charge in [-0.25, -0.2) is 0 Å². The first-order chi connectivity index (χ1) is 13.2. The van der Waals surface area contributed by atoms with Crippen LogP contribution < -0.4 is 10.1 Å². The number of hydrogen-bond donors (Lipinski definition) is 1. The van der Waals surface area contributed by atoms with E-state index in [2.05, 4.69) is 60.6 Å². The largest absolute Gasteiger partial charge is 0.490 e. The molecule has 1 aromatic heterocycles.